The van der Waals surface area contributed by atoms with Crippen molar-refractivity contribution >= 4 is 33.3 Å². The Morgan fingerprint density at radius 3 is 2.32 bits per heavy atom. The number of aromatic nitrogens is 1. The van der Waals surface area contributed by atoms with E-state index >= 15 is 0 Å². The van der Waals surface area contributed by atoms with Gasteiger partial charge in [0.25, 0.3) is 0 Å². The largest absolute Gasteiger partial charge is 0.384 e. The quantitative estimate of drug-likeness (QED) is 0.219. The lowest BCUT2D eigenvalue weighted by atomic mass is 9.70. The second-order valence-corrected chi connectivity index (χ2v) is 10.4. The van der Waals surface area contributed by atoms with Gasteiger partial charge in [-0.25, -0.2) is 4.98 Å². The third kappa shape index (κ3) is 5.00. The molecule has 0 saturated heterocycles. The Balaban J connectivity index is 1.77. The van der Waals surface area contributed by atoms with Gasteiger partial charge in [0.05, 0.1) is 5.52 Å². The molecule has 4 aromatic carbocycles. The van der Waals surface area contributed by atoms with E-state index < -0.39 is 5.60 Å². The minimum Gasteiger partial charge on any atom is -0.384 e. The van der Waals surface area contributed by atoms with Crippen molar-refractivity contribution in [1.29, 1.82) is 0 Å². The summed E-state index contributed by atoms with van der Waals surface area (Å²) in [6.07, 6.45) is 1.40. The van der Waals surface area contributed by atoms with Crippen LogP contribution in [0, 0.1) is 0 Å². The van der Waals surface area contributed by atoms with Crippen LogP contribution in [0.2, 0.25) is 5.15 Å². The highest BCUT2D eigenvalue weighted by molar-refractivity contribution is 6.30. The minimum absolute atomic E-state index is 0.310. The lowest BCUT2D eigenvalue weighted by Gasteiger charge is -2.39. The van der Waals surface area contributed by atoms with Crippen LogP contribution in [0.4, 0.5) is 0 Å². The summed E-state index contributed by atoms with van der Waals surface area (Å²) in [5, 5.41) is 16.7. The summed E-state index contributed by atoms with van der Waals surface area (Å²) in [6, 6.07) is 33.3. The van der Waals surface area contributed by atoms with Crippen LogP contribution in [0.5, 0.6) is 0 Å². The van der Waals surface area contributed by atoms with E-state index in [1.807, 2.05) is 50.5 Å². The molecule has 1 aromatic heterocycles. The Bertz CT molecular complexity index is 1530. The van der Waals surface area contributed by atoms with Gasteiger partial charge < -0.3 is 10.0 Å². The van der Waals surface area contributed by atoms with Crippen molar-refractivity contribution in [1.82, 2.24) is 9.88 Å². The summed E-state index contributed by atoms with van der Waals surface area (Å²) < 4.78 is 0. The van der Waals surface area contributed by atoms with Gasteiger partial charge in [0.15, 0.2) is 0 Å². The molecule has 1 N–H and O–H groups in total. The fourth-order valence-corrected chi connectivity index (χ4v) is 5.73. The second-order valence-electron chi connectivity index (χ2n) is 10.1. The molecule has 188 valence electrons. The molecule has 5 aromatic rings. The molecule has 0 aliphatic heterocycles. The maximum Gasteiger partial charge on any atom is 0.132 e. The van der Waals surface area contributed by atoms with Crippen molar-refractivity contribution in [2.75, 3.05) is 20.6 Å². The highest BCUT2D eigenvalue weighted by Gasteiger charge is 2.41. The van der Waals surface area contributed by atoms with Gasteiger partial charge in [0.1, 0.15) is 10.8 Å². The predicted octanol–water partition coefficient (Wildman–Crippen LogP) is 7.58. The van der Waals surface area contributed by atoms with Crippen LogP contribution in [0.15, 0.2) is 97.1 Å². The van der Waals surface area contributed by atoms with Crippen LogP contribution >= 0.6 is 11.6 Å². The Morgan fingerprint density at radius 1 is 0.838 bits per heavy atom. The Labute approximate surface area is 224 Å². The lowest BCUT2D eigenvalue weighted by molar-refractivity contribution is 0.00592. The summed E-state index contributed by atoms with van der Waals surface area (Å²) >= 11 is 6.52. The molecule has 0 amide bonds. The zero-order valence-electron chi connectivity index (χ0n) is 21.7. The van der Waals surface area contributed by atoms with E-state index in [0.29, 0.717) is 11.6 Å². The lowest BCUT2D eigenvalue weighted by Crippen LogP contribution is -2.37. The summed E-state index contributed by atoms with van der Waals surface area (Å²) in [4.78, 5) is 6.87. The summed E-state index contributed by atoms with van der Waals surface area (Å²) in [7, 11) is 4.10. The van der Waals surface area contributed by atoms with Gasteiger partial charge in [-0.15, -0.1) is 0 Å². The van der Waals surface area contributed by atoms with E-state index in [1.54, 1.807) is 0 Å². The maximum absolute atomic E-state index is 12.9. The monoisotopic (exact) mass is 508 g/mol. The molecule has 0 saturated carbocycles. The first-order valence-electron chi connectivity index (χ1n) is 12.9. The van der Waals surface area contributed by atoms with E-state index in [4.69, 9.17) is 16.6 Å². The zero-order valence-corrected chi connectivity index (χ0v) is 22.4. The van der Waals surface area contributed by atoms with Crippen LogP contribution in [-0.4, -0.2) is 35.6 Å². The van der Waals surface area contributed by atoms with Gasteiger partial charge >= 0.3 is 0 Å². The molecular weight excluding hydrogens is 476 g/mol. The van der Waals surface area contributed by atoms with Gasteiger partial charge in [0.2, 0.25) is 0 Å². The molecule has 37 heavy (non-hydrogen) atoms. The van der Waals surface area contributed by atoms with Gasteiger partial charge in [-0.3, -0.25) is 0 Å². The number of halogens is 1. The molecule has 2 atom stereocenters. The average Bonchev–Trinajstić information content (AvgIpc) is 2.92. The molecule has 0 radical (unpaired) electrons. The number of aryl methyl sites for hydroxylation is 1. The number of rotatable bonds is 8. The smallest absolute Gasteiger partial charge is 0.132 e. The highest BCUT2D eigenvalue weighted by atomic mass is 35.5. The van der Waals surface area contributed by atoms with Crippen LogP contribution in [-0.2, 0) is 12.0 Å². The molecule has 0 spiro atoms. The molecule has 1 heterocycles. The number of fused-ring (bicyclic) bond motifs is 2. The molecule has 5 rings (SSSR count). The fourth-order valence-electron chi connectivity index (χ4n) is 5.45. The number of nitrogens with zero attached hydrogens (tertiary/aromatic N) is 2. The summed E-state index contributed by atoms with van der Waals surface area (Å²) in [5.74, 6) is -0.310. The van der Waals surface area contributed by atoms with Crippen molar-refractivity contribution in [3.05, 3.63) is 124 Å². The van der Waals surface area contributed by atoms with E-state index in [9.17, 15) is 5.11 Å². The standard InChI is InChI=1S/C33H33ClN2O/c1-4-23-21-26-17-18-27(22-30(26)35-32(23)34)31(25-12-6-5-7-13-25)33(37,19-20-36(2)3)29-16-10-14-24-11-8-9-15-28(24)29/h5-18,21-22,31,37H,4,19-20H2,1-3H3/t31-,33-/m0/s1. The summed E-state index contributed by atoms with van der Waals surface area (Å²) in [5.41, 5.74) is 3.72. The van der Waals surface area contributed by atoms with E-state index in [0.717, 1.165) is 56.9 Å². The van der Waals surface area contributed by atoms with E-state index in [2.05, 4.69) is 72.5 Å². The Hall–Kier alpha value is -3.24. The molecule has 3 nitrogen and oxygen atoms in total. The molecule has 0 aliphatic carbocycles. The fraction of sp³-hybridized carbons (Fsp3) is 0.242. The van der Waals surface area contributed by atoms with Crippen molar-refractivity contribution in [3.8, 4) is 0 Å². The number of pyridine rings is 1. The van der Waals surface area contributed by atoms with Gasteiger partial charge in [-0.05, 0) is 72.1 Å². The predicted molar refractivity (Wildman–Crippen MR) is 155 cm³/mol. The van der Waals surface area contributed by atoms with Crippen LogP contribution < -0.4 is 0 Å². The van der Waals surface area contributed by atoms with Crippen LogP contribution in [0.25, 0.3) is 21.7 Å². The number of hydrogen-bond acceptors (Lipinski definition) is 3. The van der Waals surface area contributed by atoms with E-state index in [-0.39, 0.29) is 5.92 Å². The number of benzene rings is 4. The zero-order chi connectivity index (χ0) is 26.0. The molecule has 0 aliphatic rings. The van der Waals surface area contributed by atoms with Crippen molar-refractivity contribution in [3.63, 3.8) is 0 Å². The van der Waals surface area contributed by atoms with Gasteiger partial charge in [-0.1, -0.05) is 103 Å². The first-order chi connectivity index (χ1) is 17.9. The number of aliphatic hydroxyl groups is 1. The third-order valence-electron chi connectivity index (χ3n) is 7.39. The molecule has 4 heteroatoms. The molecular formula is C33H33ClN2O. The first kappa shape index (κ1) is 25.4. The third-order valence-corrected chi connectivity index (χ3v) is 7.72. The van der Waals surface area contributed by atoms with E-state index in [1.165, 1.54) is 0 Å². The van der Waals surface area contributed by atoms with Crippen LogP contribution in [0.1, 0.15) is 41.5 Å². The molecule has 0 unspecified atom stereocenters. The Morgan fingerprint density at radius 2 is 1.57 bits per heavy atom. The Kier molecular flexibility index (Phi) is 7.30. The normalized spacial score (nSPS) is 14.2. The average molecular weight is 509 g/mol. The minimum atomic E-state index is -1.17. The molecule has 0 bridgehead atoms. The maximum atomic E-state index is 12.9. The van der Waals surface area contributed by atoms with Crippen LogP contribution in [0.3, 0.4) is 0 Å². The van der Waals surface area contributed by atoms with Crippen molar-refractivity contribution in [2.45, 2.75) is 31.3 Å². The number of hydrogen-bond donors (Lipinski definition) is 1. The van der Waals surface area contributed by atoms with Gasteiger partial charge in [-0.2, -0.15) is 0 Å². The summed E-state index contributed by atoms with van der Waals surface area (Å²) in [6.45, 7) is 2.82. The first-order valence-corrected chi connectivity index (χ1v) is 13.3. The van der Waals surface area contributed by atoms with Crippen molar-refractivity contribution < 1.29 is 5.11 Å². The second kappa shape index (κ2) is 10.6. The van der Waals surface area contributed by atoms with Gasteiger partial charge in [0, 0.05) is 17.8 Å². The topological polar surface area (TPSA) is 36.4 Å². The van der Waals surface area contributed by atoms with Crippen molar-refractivity contribution in [2.24, 2.45) is 0 Å². The highest BCUT2D eigenvalue weighted by Crippen LogP contribution is 2.46. The SMILES string of the molecule is CCc1cc2ccc([C@H](c3ccccc3)[C@](O)(CCN(C)C)c3cccc4ccccc34)cc2nc1Cl. The molecule has 0 fully saturated rings.